The van der Waals surface area contributed by atoms with E-state index in [-0.39, 0.29) is 16.6 Å². The van der Waals surface area contributed by atoms with Gasteiger partial charge in [0, 0.05) is 25.2 Å². The number of hydrogen-bond acceptors (Lipinski definition) is 5. The van der Waals surface area contributed by atoms with Crippen molar-refractivity contribution in [3.63, 3.8) is 0 Å². The summed E-state index contributed by atoms with van der Waals surface area (Å²) < 4.78 is 0. The topological polar surface area (TPSA) is 92.1 Å². The van der Waals surface area contributed by atoms with E-state index in [1.54, 1.807) is 0 Å². The van der Waals surface area contributed by atoms with Gasteiger partial charge in [-0.2, -0.15) is 0 Å². The van der Waals surface area contributed by atoms with E-state index in [4.69, 9.17) is 0 Å². The number of benzene rings is 1. The maximum Gasteiger partial charge on any atom is 0.270 e. The summed E-state index contributed by atoms with van der Waals surface area (Å²) in [4.78, 5) is 31.9. The maximum absolute atomic E-state index is 12.2. The van der Waals surface area contributed by atoms with E-state index < -0.39 is 4.92 Å². The van der Waals surface area contributed by atoms with Gasteiger partial charge in [0.15, 0.2) is 0 Å². The van der Waals surface area contributed by atoms with E-state index in [1.165, 1.54) is 24.6 Å². The molecule has 2 aromatic rings. The molecule has 1 aliphatic heterocycles. The van der Waals surface area contributed by atoms with Crippen molar-refractivity contribution < 1.29 is 4.92 Å². The molecule has 0 bridgehead atoms. The average molecular weight is 302 g/mol. The molecule has 1 aromatic carbocycles. The van der Waals surface area contributed by atoms with Crippen molar-refractivity contribution in [1.29, 1.82) is 0 Å². The fourth-order valence-electron chi connectivity index (χ4n) is 2.97. The molecule has 0 amide bonds. The molecule has 1 aliphatic rings. The minimum absolute atomic E-state index is 0.100. The number of aromatic amines is 1. The molecule has 7 nitrogen and oxygen atoms in total. The van der Waals surface area contributed by atoms with Crippen LogP contribution in [0.2, 0.25) is 0 Å². The number of nitro benzene ring substituents is 1. The number of nitrogens with zero attached hydrogens (tertiary/aromatic N) is 3. The summed E-state index contributed by atoms with van der Waals surface area (Å²) in [7, 11) is 0. The van der Waals surface area contributed by atoms with Gasteiger partial charge in [0.1, 0.15) is 0 Å². The largest absolute Gasteiger partial charge is 0.342 e. The second-order valence-electron chi connectivity index (χ2n) is 5.71. The summed E-state index contributed by atoms with van der Waals surface area (Å²) in [5.74, 6) is 1.18. The molecular formula is C15H18N4O3. The number of rotatable bonds is 3. The standard InChI is InChI=1S/C15H18N4O3/c1-2-10-4-3-7-18(9-10)15-16-13-6-5-11(19(21)22)8-12(13)14(20)17-15/h5-6,8,10H,2-4,7,9H2,1H3,(H,16,17,20). The third-order valence-electron chi connectivity index (χ3n) is 4.28. The Kier molecular flexibility index (Phi) is 3.79. The molecule has 0 radical (unpaired) electrons. The monoisotopic (exact) mass is 302 g/mol. The van der Waals surface area contributed by atoms with E-state index in [2.05, 4.69) is 21.8 Å². The van der Waals surface area contributed by atoms with E-state index in [9.17, 15) is 14.9 Å². The van der Waals surface area contributed by atoms with E-state index in [1.807, 2.05) is 0 Å². The van der Waals surface area contributed by atoms with Gasteiger partial charge < -0.3 is 4.90 Å². The highest BCUT2D eigenvalue weighted by atomic mass is 16.6. The molecule has 22 heavy (non-hydrogen) atoms. The molecule has 1 unspecified atom stereocenters. The minimum Gasteiger partial charge on any atom is -0.342 e. The molecule has 2 heterocycles. The number of nitrogens with one attached hydrogen (secondary N) is 1. The van der Waals surface area contributed by atoms with E-state index in [0.717, 1.165) is 25.9 Å². The molecule has 1 saturated heterocycles. The lowest BCUT2D eigenvalue weighted by Crippen LogP contribution is -2.37. The Morgan fingerprint density at radius 3 is 3.05 bits per heavy atom. The number of hydrogen-bond donors (Lipinski definition) is 1. The first-order chi connectivity index (χ1) is 10.6. The average Bonchev–Trinajstić information content (AvgIpc) is 2.54. The first-order valence-corrected chi connectivity index (χ1v) is 7.52. The molecule has 0 saturated carbocycles. The molecular weight excluding hydrogens is 284 g/mol. The molecule has 1 aromatic heterocycles. The zero-order valence-electron chi connectivity index (χ0n) is 12.4. The Morgan fingerprint density at radius 2 is 2.32 bits per heavy atom. The lowest BCUT2D eigenvalue weighted by Gasteiger charge is -2.32. The van der Waals surface area contributed by atoms with Gasteiger partial charge in [0.25, 0.3) is 11.2 Å². The highest BCUT2D eigenvalue weighted by Gasteiger charge is 2.21. The van der Waals surface area contributed by atoms with Crippen LogP contribution in [0.4, 0.5) is 11.6 Å². The van der Waals surface area contributed by atoms with Gasteiger partial charge >= 0.3 is 0 Å². The molecule has 1 N–H and O–H groups in total. The second-order valence-corrected chi connectivity index (χ2v) is 5.71. The number of H-pyrrole nitrogens is 1. The van der Waals surface area contributed by atoms with Crippen LogP contribution in [-0.4, -0.2) is 28.0 Å². The lowest BCUT2D eigenvalue weighted by molar-refractivity contribution is -0.384. The third-order valence-corrected chi connectivity index (χ3v) is 4.28. The van der Waals surface area contributed by atoms with Crippen molar-refractivity contribution in [3.8, 4) is 0 Å². The van der Waals surface area contributed by atoms with Crippen LogP contribution < -0.4 is 10.5 Å². The lowest BCUT2D eigenvalue weighted by atomic mass is 9.96. The Morgan fingerprint density at radius 1 is 1.50 bits per heavy atom. The Balaban J connectivity index is 2.00. The molecule has 0 aliphatic carbocycles. The minimum atomic E-state index is -0.511. The summed E-state index contributed by atoms with van der Waals surface area (Å²) >= 11 is 0. The van der Waals surface area contributed by atoms with E-state index >= 15 is 0 Å². The number of nitro groups is 1. The van der Waals surface area contributed by atoms with Crippen LogP contribution in [-0.2, 0) is 0 Å². The van der Waals surface area contributed by atoms with Gasteiger partial charge in [-0.15, -0.1) is 0 Å². The van der Waals surface area contributed by atoms with Gasteiger partial charge in [0.2, 0.25) is 5.95 Å². The molecule has 1 atom stereocenters. The predicted molar refractivity (Wildman–Crippen MR) is 84.2 cm³/mol. The number of piperidine rings is 1. The smallest absolute Gasteiger partial charge is 0.270 e. The van der Waals surface area contributed by atoms with Gasteiger partial charge in [-0.1, -0.05) is 13.3 Å². The fourth-order valence-corrected chi connectivity index (χ4v) is 2.97. The van der Waals surface area contributed by atoms with Crippen LogP contribution in [0.25, 0.3) is 10.9 Å². The van der Waals surface area contributed by atoms with Crippen LogP contribution in [0.3, 0.4) is 0 Å². The predicted octanol–water partition coefficient (Wildman–Crippen LogP) is 2.46. The Labute approximate surface area is 127 Å². The number of anilines is 1. The van der Waals surface area contributed by atoms with Crippen LogP contribution in [0.15, 0.2) is 23.0 Å². The summed E-state index contributed by atoms with van der Waals surface area (Å²) in [6, 6.07) is 4.19. The SMILES string of the molecule is CCC1CCCN(c2nc3ccc([N+](=O)[O-])cc3c(=O)[nH]2)C1. The highest BCUT2D eigenvalue weighted by Crippen LogP contribution is 2.23. The van der Waals surface area contributed by atoms with Gasteiger partial charge in [-0.3, -0.25) is 19.9 Å². The summed E-state index contributed by atoms with van der Waals surface area (Å²) in [5, 5.41) is 11.1. The second kappa shape index (κ2) is 5.75. The first-order valence-electron chi connectivity index (χ1n) is 7.52. The summed E-state index contributed by atoms with van der Waals surface area (Å²) in [5.41, 5.74) is 0.0573. The molecule has 116 valence electrons. The van der Waals surface area contributed by atoms with Crippen molar-refractivity contribution in [3.05, 3.63) is 38.7 Å². The summed E-state index contributed by atoms with van der Waals surface area (Å²) in [6.45, 7) is 3.93. The van der Waals surface area contributed by atoms with Gasteiger partial charge in [-0.25, -0.2) is 4.98 Å². The van der Waals surface area contributed by atoms with Crippen molar-refractivity contribution in [2.75, 3.05) is 18.0 Å². The molecule has 7 heteroatoms. The van der Waals surface area contributed by atoms with Crippen LogP contribution in [0, 0.1) is 16.0 Å². The van der Waals surface area contributed by atoms with Crippen molar-refractivity contribution >= 4 is 22.5 Å². The highest BCUT2D eigenvalue weighted by molar-refractivity contribution is 5.81. The van der Waals surface area contributed by atoms with Crippen LogP contribution in [0.1, 0.15) is 26.2 Å². The van der Waals surface area contributed by atoms with Gasteiger partial charge in [-0.05, 0) is 24.8 Å². The quantitative estimate of drug-likeness (QED) is 0.694. The fraction of sp³-hybridized carbons (Fsp3) is 0.467. The molecule has 0 spiro atoms. The molecule has 1 fully saturated rings. The zero-order chi connectivity index (χ0) is 15.7. The van der Waals surface area contributed by atoms with Crippen molar-refractivity contribution in [1.82, 2.24) is 9.97 Å². The molecule has 3 rings (SSSR count). The van der Waals surface area contributed by atoms with Crippen molar-refractivity contribution in [2.45, 2.75) is 26.2 Å². The van der Waals surface area contributed by atoms with Gasteiger partial charge in [0.05, 0.1) is 15.8 Å². The number of non-ortho nitro benzene ring substituents is 1. The number of aromatic nitrogens is 2. The normalized spacial score (nSPS) is 18.6. The Bertz CT molecular complexity index is 771. The third kappa shape index (κ3) is 2.66. The van der Waals surface area contributed by atoms with Crippen LogP contribution in [0.5, 0.6) is 0 Å². The summed E-state index contributed by atoms with van der Waals surface area (Å²) in [6.07, 6.45) is 3.40. The maximum atomic E-state index is 12.2. The first kappa shape index (κ1) is 14.5. The number of fused-ring (bicyclic) bond motifs is 1. The zero-order valence-corrected chi connectivity index (χ0v) is 12.4. The van der Waals surface area contributed by atoms with E-state index in [0.29, 0.717) is 17.4 Å². The van der Waals surface area contributed by atoms with Crippen molar-refractivity contribution in [2.24, 2.45) is 5.92 Å². The van der Waals surface area contributed by atoms with Crippen LogP contribution >= 0.6 is 0 Å². The Hall–Kier alpha value is -2.44.